The van der Waals surface area contributed by atoms with Crippen LogP contribution in [0.25, 0.3) is 0 Å². The van der Waals surface area contributed by atoms with Crippen molar-refractivity contribution in [3.8, 4) is 11.8 Å². The fraction of sp³-hybridized carbons (Fsp3) is 0.714. The summed E-state index contributed by atoms with van der Waals surface area (Å²) >= 11 is 0. The van der Waals surface area contributed by atoms with Crippen molar-refractivity contribution >= 4 is 11.8 Å². The van der Waals surface area contributed by atoms with E-state index in [0.717, 1.165) is 25.7 Å². The molecule has 2 fully saturated rings. The second-order valence-electron chi connectivity index (χ2n) is 5.05. The summed E-state index contributed by atoms with van der Waals surface area (Å²) in [5.41, 5.74) is -0.338. The van der Waals surface area contributed by atoms with Crippen LogP contribution in [0.2, 0.25) is 0 Å². The molecule has 3 nitrogen and oxygen atoms in total. The largest absolute Gasteiger partial charge is 0.281 e. The molecule has 0 aromatic carbocycles. The number of nitrogens with zero attached hydrogens (tertiary/aromatic N) is 1. The maximum absolute atomic E-state index is 12.3. The first kappa shape index (κ1) is 12.2. The molecular weight excluding hydrogens is 214 g/mol. The van der Waals surface area contributed by atoms with Crippen molar-refractivity contribution in [2.75, 3.05) is 6.54 Å². The van der Waals surface area contributed by atoms with Crippen molar-refractivity contribution in [3.05, 3.63) is 0 Å². The van der Waals surface area contributed by atoms with E-state index in [1.54, 1.807) is 6.92 Å². The lowest BCUT2D eigenvalue weighted by atomic mass is 9.73. The minimum Gasteiger partial charge on any atom is -0.281 e. The third-order valence-electron chi connectivity index (χ3n) is 3.94. The minimum atomic E-state index is -0.338. The van der Waals surface area contributed by atoms with Gasteiger partial charge < -0.3 is 0 Å². The Balaban J connectivity index is 2.06. The van der Waals surface area contributed by atoms with E-state index in [2.05, 4.69) is 11.8 Å². The molecule has 0 unspecified atom stereocenters. The standard InChI is InChI=1S/C14H19NO2/c1-2-3-7-10-15-12(16)11-14(13(15)17)8-5-4-6-9-14/h4-11H2,1H3. The van der Waals surface area contributed by atoms with E-state index in [1.165, 1.54) is 11.3 Å². The van der Waals surface area contributed by atoms with Crippen LogP contribution < -0.4 is 0 Å². The minimum absolute atomic E-state index is 0.00908. The third-order valence-corrected chi connectivity index (χ3v) is 3.94. The zero-order valence-electron chi connectivity index (χ0n) is 10.4. The van der Waals surface area contributed by atoms with Crippen LogP contribution in [0.4, 0.5) is 0 Å². The smallest absolute Gasteiger partial charge is 0.235 e. The molecule has 0 aromatic rings. The van der Waals surface area contributed by atoms with E-state index in [0.29, 0.717) is 19.4 Å². The molecule has 17 heavy (non-hydrogen) atoms. The molecule has 0 aromatic heterocycles. The van der Waals surface area contributed by atoms with E-state index in [-0.39, 0.29) is 17.2 Å². The van der Waals surface area contributed by atoms with Gasteiger partial charge in [-0.3, -0.25) is 14.5 Å². The highest BCUT2D eigenvalue weighted by Gasteiger charge is 2.50. The molecule has 3 heteroatoms. The Kier molecular flexibility index (Phi) is 3.51. The molecule has 0 atom stereocenters. The SMILES string of the molecule is CC#CCCN1C(=O)CC2(CCCCC2)C1=O. The fourth-order valence-electron chi connectivity index (χ4n) is 3.00. The average molecular weight is 233 g/mol. The van der Waals surface area contributed by atoms with Crippen molar-refractivity contribution in [3.63, 3.8) is 0 Å². The van der Waals surface area contributed by atoms with Gasteiger partial charge in [0.25, 0.3) is 0 Å². The third kappa shape index (κ3) is 2.22. The van der Waals surface area contributed by atoms with E-state index in [1.807, 2.05) is 0 Å². The maximum atomic E-state index is 12.3. The van der Waals surface area contributed by atoms with E-state index in [9.17, 15) is 9.59 Å². The summed E-state index contributed by atoms with van der Waals surface area (Å²) in [5.74, 6) is 5.78. The molecule has 92 valence electrons. The predicted octanol–water partition coefficient (Wildman–Crippen LogP) is 2.11. The van der Waals surface area contributed by atoms with E-state index >= 15 is 0 Å². The number of rotatable bonds is 2. The molecule has 2 rings (SSSR count). The summed E-state index contributed by atoms with van der Waals surface area (Å²) in [6, 6.07) is 0. The normalized spacial score (nSPS) is 22.8. The highest BCUT2D eigenvalue weighted by atomic mass is 16.2. The first-order chi connectivity index (χ1) is 8.19. The van der Waals surface area contributed by atoms with Gasteiger partial charge in [-0.25, -0.2) is 0 Å². The van der Waals surface area contributed by atoms with Crippen LogP contribution in [0, 0.1) is 17.3 Å². The maximum Gasteiger partial charge on any atom is 0.235 e. The molecular formula is C14H19NO2. The highest BCUT2D eigenvalue weighted by molar-refractivity contribution is 6.05. The van der Waals surface area contributed by atoms with Crippen LogP contribution in [0.15, 0.2) is 0 Å². The summed E-state index contributed by atoms with van der Waals surface area (Å²) in [4.78, 5) is 25.7. The zero-order valence-corrected chi connectivity index (χ0v) is 10.4. The van der Waals surface area contributed by atoms with Crippen LogP contribution in [0.1, 0.15) is 51.9 Å². The quantitative estimate of drug-likeness (QED) is 0.541. The number of amides is 2. The van der Waals surface area contributed by atoms with Crippen molar-refractivity contribution in [1.29, 1.82) is 0 Å². The molecule has 1 saturated carbocycles. The lowest BCUT2D eigenvalue weighted by Gasteiger charge is -2.30. The molecule has 1 aliphatic heterocycles. The average Bonchev–Trinajstić information content (AvgIpc) is 2.55. The Labute approximate surface area is 103 Å². The predicted molar refractivity (Wildman–Crippen MR) is 64.9 cm³/mol. The lowest BCUT2D eigenvalue weighted by molar-refractivity contribution is -0.142. The second-order valence-corrected chi connectivity index (χ2v) is 5.05. The van der Waals surface area contributed by atoms with Gasteiger partial charge in [0.05, 0.1) is 5.41 Å². The number of likely N-dealkylation sites (tertiary alicyclic amines) is 1. The number of hydrogen-bond acceptors (Lipinski definition) is 2. The summed E-state index contributed by atoms with van der Waals surface area (Å²) < 4.78 is 0. The Morgan fingerprint density at radius 2 is 1.94 bits per heavy atom. The molecule has 1 heterocycles. The molecule has 2 amide bonds. The topological polar surface area (TPSA) is 37.4 Å². The van der Waals surface area contributed by atoms with Crippen LogP contribution >= 0.6 is 0 Å². The zero-order chi connectivity index (χ0) is 12.3. The van der Waals surface area contributed by atoms with Crippen molar-refractivity contribution < 1.29 is 9.59 Å². The van der Waals surface area contributed by atoms with Gasteiger partial charge in [0.2, 0.25) is 11.8 Å². The number of imide groups is 1. The molecule has 0 radical (unpaired) electrons. The molecule has 2 aliphatic rings. The van der Waals surface area contributed by atoms with Gasteiger partial charge in [-0.2, -0.15) is 0 Å². The Hall–Kier alpha value is -1.30. The van der Waals surface area contributed by atoms with Crippen LogP contribution in [0.3, 0.4) is 0 Å². The summed E-state index contributed by atoms with van der Waals surface area (Å²) in [5, 5.41) is 0. The second kappa shape index (κ2) is 4.91. The number of carbonyl (C=O) groups excluding carboxylic acids is 2. The molecule has 1 saturated heterocycles. The van der Waals surface area contributed by atoms with E-state index < -0.39 is 0 Å². The molecule has 1 spiro atoms. The van der Waals surface area contributed by atoms with Gasteiger partial charge >= 0.3 is 0 Å². The number of hydrogen-bond donors (Lipinski definition) is 0. The molecule has 0 bridgehead atoms. The van der Waals surface area contributed by atoms with Gasteiger partial charge in [-0.05, 0) is 19.8 Å². The van der Waals surface area contributed by atoms with Gasteiger partial charge in [0.15, 0.2) is 0 Å². The first-order valence-electron chi connectivity index (χ1n) is 6.44. The Bertz CT molecular complexity index is 383. The monoisotopic (exact) mass is 233 g/mol. The fourth-order valence-corrected chi connectivity index (χ4v) is 3.00. The first-order valence-corrected chi connectivity index (χ1v) is 6.44. The highest BCUT2D eigenvalue weighted by Crippen LogP contribution is 2.45. The van der Waals surface area contributed by atoms with Crippen LogP contribution in [-0.4, -0.2) is 23.3 Å². The van der Waals surface area contributed by atoms with Crippen LogP contribution in [-0.2, 0) is 9.59 Å². The number of carbonyl (C=O) groups is 2. The van der Waals surface area contributed by atoms with Gasteiger partial charge in [0, 0.05) is 19.4 Å². The van der Waals surface area contributed by atoms with Gasteiger partial charge in [-0.1, -0.05) is 19.3 Å². The van der Waals surface area contributed by atoms with Gasteiger partial charge in [-0.15, -0.1) is 11.8 Å². The van der Waals surface area contributed by atoms with E-state index in [4.69, 9.17) is 0 Å². The lowest BCUT2D eigenvalue weighted by Crippen LogP contribution is -2.37. The summed E-state index contributed by atoms with van der Waals surface area (Å²) in [7, 11) is 0. The summed E-state index contributed by atoms with van der Waals surface area (Å²) in [6.07, 6.45) is 6.20. The molecule has 0 N–H and O–H groups in total. The Morgan fingerprint density at radius 3 is 2.59 bits per heavy atom. The van der Waals surface area contributed by atoms with Gasteiger partial charge in [0.1, 0.15) is 0 Å². The summed E-state index contributed by atoms with van der Waals surface area (Å²) in [6.45, 7) is 2.25. The van der Waals surface area contributed by atoms with Crippen LogP contribution in [0.5, 0.6) is 0 Å². The van der Waals surface area contributed by atoms with Crippen molar-refractivity contribution in [2.24, 2.45) is 5.41 Å². The molecule has 1 aliphatic carbocycles. The Morgan fingerprint density at radius 1 is 1.24 bits per heavy atom. The van der Waals surface area contributed by atoms with Crippen molar-refractivity contribution in [1.82, 2.24) is 4.90 Å². The van der Waals surface area contributed by atoms with Crippen molar-refractivity contribution in [2.45, 2.75) is 51.9 Å².